The van der Waals surface area contributed by atoms with Crippen molar-refractivity contribution in [3.8, 4) is 0 Å². The van der Waals surface area contributed by atoms with Crippen LogP contribution in [0.5, 0.6) is 0 Å². The van der Waals surface area contributed by atoms with Gasteiger partial charge >= 0.3 is 0 Å². The fraction of sp³-hybridized carbons (Fsp3) is 0.222. The molecule has 0 aliphatic carbocycles. The number of amides is 2. The summed E-state index contributed by atoms with van der Waals surface area (Å²) < 4.78 is 0. The maximum absolute atomic E-state index is 12.3. The normalized spacial score (nSPS) is 10.4. The number of halogens is 2. The molecular formula is C18H18Cl2N2O2. The third-order valence-electron chi connectivity index (χ3n) is 3.55. The Hall–Kier alpha value is -2.04. The predicted molar refractivity (Wildman–Crippen MR) is 99.0 cm³/mol. The lowest BCUT2D eigenvalue weighted by molar-refractivity contribution is -0.120. The lowest BCUT2D eigenvalue weighted by Crippen LogP contribution is -2.37. The highest BCUT2D eigenvalue weighted by Gasteiger charge is 2.18. The number of rotatable bonds is 4. The molecule has 2 amide bonds. The Labute approximate surface area is 151 Å². The standard InChI is InChI=1S/C18H18Cl2N2O2/c1-11-7-8-16(12(2)9-11)22(13(3)23)10-17(24)21-15-6-4-5-14(19)18(15)20/h4-9H,10H2,1-3H3,(H,21,24). The van der Waals surface area contributed by atoms with Crippen molar-refractivity contribution in [1.82, 2.24) is 0 Å². The summed E-state index contributed by atoms with van der Waals surface area (Å²) in [5.74, 6) is -0.566. The van der Waals surface area contributed by atoms with Crippen LogP contribution in [0.4, 0.5) is 11.4 Å². The highest BCUT2D eigenvalue weighted by molar-refractivity contribution is 6.44. The zero-order chi connectivity index (χ0) is 17.9. The molecule has 0 aliphatic rings. The molecule has 2 aromatic rings. The monoisotopic (exact) mass is 364 g/mol. The average molecular weight is 365 g/mol. The molecule has 0 fully saturated rings. The number of carbonyl (C=O) groups excluding carboxylic acids is 2. The average Bonchev–Trinajstić information content (AvgIpc) is 2.50. The molecule has 4 nitrogen and oxygen atoms in total. The molecule has 0 atom stereocenters. The Kier molecular flexibility index (Phi) is 5.86. The van der Waals surface area contributed by atoms with Gasteiger partial charge in [-0.3, -0.25) is 9.59 Å². The second-order valence-electron chi connectivity index (χ2n) is 5.54. The number of benzene rings is 2. The number of nitrogens with one attached hydrogen (secondary N) is 1. The van der Waals surface area contributed by atoms with E-state index in [1.54, 1.807) is 18.2 Å². The minimum Gasteiger partial charge on any atom is -0.323 e. The summed E-state index contributed by atoms with van der Waals surface area (Å²) in [7, 11) is 0. The first-order valence-corrected chi connectivity index (χ1v) is 8.14. The Balaban J connectivity index is 2.20. The first-order chi connectivity index (χ1) is 11.3. The van der Waals surface area contributed by atoms with Crippen molar-refractivity contribution in [3.63, 3.8) is 0 Å². The van der Waals surface area contributed by atoms with Crippen molar-refractivity contribution in [2.24, 2.45) is 0 Å². The van der Waals surface area contributed by atoms with E-state index in [2.05, 4.69) is 5.32 Å². The third-order valence-corrected chi connectivity index (χ3v) is 4.37. The van der Waals surface area contributed by atoms with Crippen molar-refractivity contribution in [1.29, 1.82) is 0 Å². The topological polar surface area (TPSA) is 49.4 Å². The third kappa shape index (κ3) is 4.28. The molecule has 0 unspecified atom stereocenters. The Morgan fingerprint density at radius 1 is 1.12 bits per heavy atom. The van der Waals surface area contributed by atoms with Crippen molar-refractivity contribution < 1.29 is 9.59 Å². The van der Waals surface area contributed by atoms with Crippen LogP contribution in [0.15, 0.2) is 36.4 Å². The number of aryl methyl sites for hydroxylation is 2. The predicted octanol–water partition coefficient (Wildman–Crippen LogP) is 4.60. The molecule has 0 saturated carbocycles. The lowest BCUT2D eigenvalue weighted by Gasteiger charge is -2.23. The summed E-state index contributed by atoms with van der Waals surface area (Å²) in [4.78, 5) is 25.8. The fourth-order valence-corrected chi connectivity index (χ4v) is 2.76. The second-order valence-corrected chi connectivity index (χ2v) is 6.33. The van der Waals surface area contributed by atoms with Gasteiger partial charge in [-0.25, -0.2) is 0 Å². The Morgan fingerprint density at radius 2 is 1.83 bits per heavy atom. The summed E-state index contributed by atoms with van der Waals surface area (Å²) in [6.07, 6.45) is 0. The van der Waals surface area contributed by atoms with Gasteiger partial charge in [0.05, 0.1) is 15.7 Å². The van der Waals surface area contributed by atoms with Gasteiger partial charge < -0.3 is 10.2 Å². The summed E-state index contributed by atoms with van der Waals surface area (Å²) in [5, 5.41) is 3.31. The van der Waals surface area contributed by atoms with E-state index in [0.717, 1.165) is 11.1 Å². The molecule has 1 N–H and O–H groups in total. The minimum absolute atomic E-state index is 0.109. The summed E-state index contributed by atoms with van der Waals surface area (Å²) >= 11 is 12.0. The molecule has 24 heavy (non-hydrogen) atoms. The Morgan fingerprint density at radius 3 is 2.46 bits per heavy atom. The minimum atomic E-state index is -0.352. The smallest absolute Gasteiger partial charge is 0.244 e. The van der Waals surface area contributed by atoms with Crippen molar-refractivity contribution in [3.05, 3.63) is 57.6 Å². The van der Waals surface area contributed by atoms with E-state index in [-0.39, 0.29) is 23.4 Å². The zero-order valence-corrected chi connectivity index (χ0v) is 15.2. The second kappa shape index (κ2) is 7.69. The quantitative estimate of drug-likeness (QED) is 0.861. The molecule has 0 aliphatic heterocycles. The van der Waals surface area contributed by atoms with Crippen LogP contribution in [0.25, 0.3) is 0 Å². The fourth-order valence-electron chi connectivity index (χ4n) is 2.41. The lowest BCUT2D eigenvalue weighted by atomic mass is 10.1. The van der Waals surface area contributed by atoms with Crippen LogP contribution in [-0.4, -0.2) is 18.4 Å². The van der Waals surface area contributed by atoms with Crippen LogP contribution < -0.4 is 10.2 Å². The molecule has 6 heteroatoms. The number of nitrogens with zero attached hydrogens (tertiary/aromatic N) is 1. The highest BCUT2D eigenvalue weighted by Crippen LogP contribution is 2.29. The van der Waals surface area contributed by atoms with Crippen LogP contribution >= 0.6 is 23.2 Å². The molecule has 0 aromatic heterocycles. The molecule has 0 spiro atoms. The molecule has 126 valence electrons. The zero-order valence-electron chi connectivity index (χ0n) is 13.7. The molecule has 0 bridgehead atoms. The largest absolute Gasteiger partial charge is 0.323 e. The van der Waals surface area contributed by atoms with Gasteiger partial charge in [-0.15, -0.1) is 0 Å². The van der Waals surface area contributed by atoms with Gasteiger partial charge in [0, 0.05) is 12.6 Å². The van der Waals surface area contributed by atoms with Gasteiger partial charge in [-0.05, 0) is 37.6 Å². The number of hydrogen-bond acceptors (Lipinski definition) is 2. The first kappa shape index (κ1) is 18.3. The van der Waals surface area contributed by atoms with Crippen LogP contribution in [0.1, 0.15) is 18.1 Å². The van der Waals surface area contributed by atoms with Crippen molar-refractivity contribution in [2.75, 3.05) is 16.8 Å². The Bertz CT molecular complexity index is 791. The van der Waals surface area contributed by atoms with Gasteiger partial charge in [-0.1, -0.05) is 47.0 Å². The maximum atomic E-state index is 12.3. The van der Waals surface area contributed by atoms with Crippen LogP contribution in [-0.2, 0) is 9.59 Å². The van der Waals surface area contributed by atoms with E-state index >= 15 is 0 Å². The van der Waals surface area contributed by atoms with Crippen LogP contribution in [0.3, 0.4) is 0 Å². The summed E-state index contributed by atoms with van der Waals surface area (Å²) in [5.41, 5.74) is 3.15. The maximum Gasteiger partial charge on any atom is 0.244 e. The van der Waals surface area contributed by atoms with E-state index in [9.17, 15) is 9.59 Å². The van der Waals surface area contributed by atoms with Crippen LogP contribution in [0, 0.1) is 13.8 Å². The van der Waals surface area contributed by atoms with E-state index in [1.807, 2.05) is 32.0 Å². The van der Waals surface area contributed by atoms with E-state index in [1.165, 1.54) is 11.8 Å². The number of hydrogen-bond donors (Lipinski definition) is 1. The summed E-state index contributed by atoms with van der Waals surface area (Å²) in [6.45, 7) is 5.20. The molecular weight excluding hydrogens is 347 g/mol. The van der Waals surface area contributed by atoms with Crippen LogP contribution in [0.2, 0.25) is 10.0 Å². The van der Waals surface area contributed by atoms with Gasteiger partial charge in [0.25, 0.3) is 0 Å². The summed E-state index contributed by atoms with van der Waals surface area (Å²) in [6, 6.07) is 10.7. The SMILES string of the molecule is CC(=O)N(CC(=O)Nc1cccc(Cl)c1Cl)c1ccc(C)cc1C. The van der Waals surface area contributed by atoms with E-state index in [0.29, 0.717) is 16.4 Å². The molecule has 0 heterocycles. The van der Waals surface area contributed by atoms with Gasteiger partial charge in [0.15, 0.2) is 0 Å². The first-order valence-electron chi connectivity index (χ1n) is 7.39. The molecule has 2 aromatic carbocycles. The van der Waals surface area contributed by atoms with E-state index < -0.39 is 0 Å². The van der Waals surface area contributed by atoms with Gasteiger partial charge in [0.1, 0.15) is 6.54 Å². The molecule has 0 saturated heterocycles. The van der Waals surface area contributed by atoms with Crippen molar-refractivity contribution in [2.45, 2.75) is 20.8 Å². The number of carbonyl (C=O) groups is 2. The van der Waals surface area contributed by atoms with Gasteiger partial charge in [-0.2, -0.15) is 0 Å². The van der Waals surface area contributed by atoms with E-state index in [4.69, 9.17) is 23.2 Å². The molecule has 2 rings (SSSR count). The highest BCUT2D eigenvalue weighted by atomic mass is 35.5. The van der Waals surface area contributed by atoms with Crippen molar-refractivity contribution >= 4 is 46.4 Å². The number of anilines is 2. The molecule has 0 radical (unpaired) electrons. The van der Waals surface area contributed by atoms with Gasteiger partial charge in [0.2, 0.25) is 11.8 Å².